The molecular formula is C24H22N4O. The van der Waals surface area contributed by atoms with Crippen LogP contribution >= 0.6 is 0 Å². The quantitative estimate of drug-likeness (QED) is 0.748. The number of hydrogen-bond acceptors (Lipinski definition) is 4. The molecule has 2 aliphatic heterocycles. The highest BCUT2D eigenvalue weighted by atomic mass is 16.2. The maximum atomic E-state index is 12.7. The maximum absolute atomic E-state index is 12.7. The molecule has 144 valence electrons. The zero-order chi connectivity index (χ0) is 19.8. The fourth-order valence-corrected chi connectivity index (χ4v) is 4.19. The van der Waals surface area contributed by atoms with E-state index in [1.54, 1.807) is 6.34 Å². The van der Waals surface area contributed by atoms with Gasteiger partial charge in [0.1, 0.15) is 5.84 Å². The summed E-state index contributed by atoms with van der Waals surface area (Å²) in [4.78, 5) is 24.1. The summed E-state index contributed by atoms with van der Waals surface area (Å²) in [5.74, 6) is 0.614. The first kappa shape index (κ1) is 17.6. The smallest absolute Gasteiger partial charge is 0.254 e. The number of amides is 1. The topological polar surface area (TPSA) is 57.1 Å². The summed E-state index contributed by atoms with van der Waals surface area (Å²) in [5, 5.41) is 5.36. The monoisotopic (exact) mass is 382 g/mol. The minimum absolute atomic E-state index is 0.0486. The average molecular weight is 382 g/mol. The van der Waals surface area contributed by atoms with Gasteiger partial charge in [-0.25, -0.2) is 4.99 Å². The van der Waals surface area contributed by atoms with Crippen molar-refractivity contribution in [2.24, 2.45) is 9.98 Å². The highest BCUT2D eigenvalue weighted by Gasteiger charge is 2.41. The highest BCUT2D eigenvalue weighted by molar-refractivity contribution is 6.04. The van der Waals surface area contributed by atoms with E-state index in [0.29, 0.717) is 12.3 Å². The predicted octanol–water partition coefficient (Wildman–Crippen LogP) is 3.71. The van der Waals surface area contributed by atoms with Crippen LogP contribution in [0.15, 0.2) is 82.8 Å². The number of nitrogens with one attached hydrogen (secondary N) is 1. The molecule has 3 unspecified atom stereocenters. The third-order valence-corrected chi connectivity index (χ3v) is 5.71. The number of amidine groups is 1. The van der Waals surface area contributed by atoms with Crippen LogP contribution in [0.25, 0.3) is 10.8 Å². The van der Waals surface area contributed by atoms with Gasteiger partial charge in [0.05, 0.1) is 12.4 Å². The van der Waals surface area contributed by atoms with Crippen LogP contribution in [0.5, 0.6) is 0 Å². The lowest BCUT2D eigenvalue weighted by Gasteiger charge is -2.33. The van der Waals surface area contributed by atoms with Gasteiger partial charge in [0, 0.05) is 6.42 Å². The van der Waals surface area contributed by atoms with Crippen molar-refractivity contribution >= 4 is 28.9 Å². The first-order valence-corrected chi connectivity index (χ1v) is 9.90. The average Bonchev–Trinajstić information content (AvgIpc) is 3.18. The first-order chi connectivity index (χ1) is 14.2. The lowest BCUT2D eigenvalue weighted by atomic mass is 9.98. The van der Waals surface area contributed by atoms with Gasteiger partial charge in [-0.2, -0.15) is 0 Å². The van der Waals surface area contributed by atoms with Crippen molar-refractivity contribution in [1.82, 2.24) is 10.2 Å². The van der Waals surface area contributed by atoms with Crippen molar-refractivity contribution in [2.75, 3.05) is 0 Å². The Kier molecular flexibility index (Phi) is 4.35. The van der Waals surface area contributed by atoms with Crippen molar-refractivity contribution in [3.05, 3.63) is 83.9 Å². The SMILES string of the molecule is CC(c1cccc2ccccc12)N1C=NC2C(=O)NC(Cc3ccccc3)=NC21. The van der Waals surface area contributed by atoms with Gasteiger partial charge >= 0.3 is 0 Å². The van der Waals surface area contributed by atoms with Gasteiger partial charge in [-0.05, 0) is 28.8 Å². The first-order valence-electron chi connectivity index (χ1n) is 9.90. The molecular weight excluding hydrogens is 360 g/mol. The number of benzene rings is 3. The molecule has 0 aromatic heterocycles. The van der Waals surface area contributed by atoms with Crippen LogP contribution < -0.4 is 5.32 Å². The van der Waals surface area contributed by atoms with E-state index in [9.17, 15) is 4.79 Å². The largest absolute Gasteiger partial charge is 0.332 e. The van der Waals surface area contributed by atoms with Gasteiger partial charge in [-0.1, -0.05) is 72.8 Å². The molecule has 5 heteroatoms. The van der Waals surface area contributed by atoms with Crippen LogP contribution in [0, 0.1) is 0 Å². The van der Waals surface area contributed by atoms with Crippen molar-refractivity contribution in [1.29, 1.82) is 0 Å². The lowest BCUT2D eigenvalue weighted by Crippen LogP contribution is -2.52. The van der Waals surface area contributed by atoms with E-state index >= 15 is 0 Å². The van der Waals surface area contributed by atoms with Crippen LogP contribution in [0.4, 0.5) is 0 Å². The number of carbonyl (C=O) groups excluding carboxylic acids is 1. The molecule has 0 saturated carbocycles. The lowest BCUT2D eigenvalue weighted by molar-refractivity contribution is -0.122. The molecule has 29 heavy (non-hydrogen) atoms. The molecule has 0 spiro atoms. The molecule has 1 amide bonds. The number of fused-ring (bicyclic) bond motifs is 2. The number of hydrogen-bond donors (Lipinski definition) is 1. The van der Waals surface area contributed by atoms with Crippen LogP contribution in [-0.4, -0.2) is 35.2 Å². The van der Waals surface area contributed by atoms with E-state index in [2.05, 4.69) is 64.6 Å². The predicted molar refractivity (Wildman–Crippen MR) is 116 cm³/mol. The Morgan fingerprint density at radius 1 is 1.00 bits per heavy atom. The van der Waals surface area contributed by atoms with Crippen LogP contribution in [0.1, 0.15) is 24.1 Å². The molecule has 3 aromatic rings. The molecule has 3 aromatic carbocycles. The second kappa shape index (κ2) is 7.17. The normalized spacial score (nSPS) is 21.6. The fourth-order valence-electron chi connectivity index (χ4n) is 4.19. The number of rotatable bonds is 4. The molecule has 5 rings (SSSR count). The molecule has 0 fully saturated rings. The Morgan fingerprint density at radius 3 is 2.62 bits per heavy atom. The summed E-state index contributed by atoms with van der Waals surface area (Å²) in [6.07, 6.45) is 2.08. The molecule has 5 nitrogen and oxygen atoms in total. The summed E-state index contributed by atoms with van der Waals surface area (Å²) in [6, 6.07) is 24.3. The zero-order valence-corrected chi connectivity index (χ0v) is 16.2. The van der Waals surface area contributed by atoms with Gasteiger partial charge in [-0.3, -0.25) is 9.79 Å². The van der Waals surface area contributed by atoms with Crippen molar-refractivity contribution in [3.8, 4) is 0 Å². The zero-order valence-electron chi connectivity index (χ0n) is 16.2. The Morgan fingerprint density at radius 2 is 1.76 bits per heavy atom. The Labute approximate surface area is 169 Å². The Hall–Kier alpha value is -3.47. The molecule has 2 aliphatic rings. The van der Waals surface area contributed by atoms with Gasteiger partial charge < -0.3 is 10.2 Å². The second-order valence-corrected chi connectivity index (χ2v) is 7.54. The van der Waals surface area contributed by atoms with E-state index in [0.717, 1.165) is 5.56 Å². The molecule has 2 heterocycles. The van der Waals surface area contributed by atoms with Gasteiger partial charge in [0.25, 0.3) is 5.91 Å². The Balaban J connectivity index is 1.47. The molecule has 1 N–H and O–H groups in total. The molecule has 0 saturated heterocycles. The minimum Gasteiger partial charge on any atom is -0.332 e. The van der Waals surface area contributed by atoms with E-state index in [-0.39, 0.29) is 18.1 Å². The molecule has 0 bridgehead atoms. The van der Waals surface area contributed by atoms with Gasteiger partial charge in [0.15, 0.2) is 12.2 Å². The molecule has 0 radical (unpaired) electrons. The molecule has 3 atom stereocenters. The molecule has 0 aliphatic carbocycles. The number of aliphatic imine (C=N–C) groups is 2. The summed E-state index contributed by atoms with van der Waals surface area (Å²) in [7, 11) is 0. The Bertz CT molecular complexity index is 1120. The van der Waals surface area contributed by atoms with Crippen molar-refractivity contribution in [3.63, 3.8) is 0 Å². The standard InChI is InChI=1S/C24H22N4O/c1-16(19-13-7-11-18-10-5-6-12-20(18)19)28-15-25-22-23(28)26-21(27-24(22)29)14-17-8-3-2-4-9-17/h2-13,15-16,22-23H,14H2,1H3,(H,26,27,29). The number of carbonyl (C=O) groups is 1. The summed E-state index contributed by atoms with van der Waals surface area (Å²) in [5.41, 5.74) is 2.33. The second-order valence-electron chi connectivity index (χ2n) is 7.54. The third-order valence-electron chi connectivity index (χ3n) is 5.71. The van der Waals surface area contributed by atoms with E-state index < -0.39 is 6.04 Å². The summed E-state index contributed by atoms with van der Waals surface area (Å²) >= 11 is 0. The van der Waals surface area contributed by atoms with Gasteiger partial charge in [0.2, 0.25) is 0 Å². The number of nitrogens with zero attached hydrogens (tertiary/aromatic N) is 3. The van der Waals surface area contributed by atoms with E-state index in [4.69, 9.17) is 4.99 Å². The van der Waals surface area contributed by atoms with Crippen LogP contribution in [0.3, 0.4) is 0 Å². The summed E-state index contributed by atoms with van der Waals surface area (Å²) in [6.45, 7) is 2.15. The van der Waals surface area contributed by atoms with E-state index in [1.165, 1.54) is 16.3 Å². The maximum Gasteiger partial charge on any atom is 0.254 e. The fraction of sp³-hybridized carbons (Fsp3) is 0.208. The van der Waals surface area contributed by atoms with Gasteiger partial charge in [-0.15, -0.1) is 0 Å². The van der Waals surface area contributed by atoms with E-state index in [1.807, 2.05) is 30.3 Å². The highest BCUT2D eigenvalue weighted by Crippen LogP contribution is 2.32. The van der Waals surface area contributed by atoms with Crippen molar-refractivity contribution < 1.29 is 4.79 Å². The van der Waals surface area contributed by atoms with Crippen LogP contribution in [-0.2, 0) is 11.2 Å². The minimum atomic E-state index is -0.494. The summed E-state index contributed by atoms with van der Waals surface area (Å²) < 4.78 is 0. The third kappa shape index (κ3) is 3.18. The van der Waals surface area contributed by atoms with Crippen LogP contribution in [0.2, 0.25) is 0 Å². The van der Waals surface area contributed by atoms with Crippen molar-refractivity contribution in [2.45, 2.75) is 31.6 Å².